The van der Waals surface area contributed by atoms with Crippen molar-refractivity contribution in [3.63, 3.8) is 0 Å². The van der Waals surface area contributed by atoms with Gasteiger partial charge < -0.3 is 9.31 Å². The molecule has 0 saturated carbocycles. The summed E-state index contributed by atoms with van der Waals surface area (Å²) in [4.78, 5) is 4.30. The van der Waals surface area contributed by atoms with E-state index in [9.17, 15) is 0 Å². The van der Waals surface area contributed by atoms with E-state index in [1.165, 1.54) is 0 Å². The highest BCUT2D eigenvalue weighted by Gasteiger charge is 2.51. The van der Waals surface area contributed by atoms with Crippen molar-refractivity contribution >= 4 is 13.3 Å². The minimum absolute atomic E-state index is 0.265. The van der Waals surface area contributed by atoms with E-state index >= 15 is 0 Å². The second kappa shape index (κ2) is 4.95. The van der Waals surface area contributed by atoms with Gasteiger partial charge in [0.1, 0.15) is 0 Å². The van der Waals surface area contributed by atoms with Gasteiger partial charge in [-0.2, -0.15) is 0 Å². The van der Waals surface area contributed by atoms with Crippen LogP contribution in [-0.2, 0) is 9.31 Å². The zero-order valence-electron chi connectivity index (χ0n) is 12.1. The standard InChI is InChI=1S/C13H24BNO2/c1-10(2)15-9-8-11(3)14-16-12(4,5)13(6,7)17-14/h8-10H,1-7H3/b11-8+,15-9?. The molecule has 0 bridgehead atoms. The molecular weight excluding hydrogens is 213 g/mol. The van der Waals surface area contributed by atoms with Crippen molar-refractivity contribution < 1.29 is 9.31 Å². The molecule has 3 nitrogen and oxygen atoms in total. The van der Waals surface area contributed by atoms with Gasteiger partial charge in [-0.15, -0.1) is 0 Å². The summed E-state index contributed by atoms with van der Waals surface area (Å²) in [5.41, 5.74) is 0.497. The molecule has 1 rings (SSSR count). The summed E-state index contributed by atoms with van der Waals surface area (Å²) in [7, 11) is -0.265. The van der Waals surface area contributed by atoms with E-state index in [0.29, 0.717) is 6.04 Å². The van der Waals surface area contributed by atoms with Crippen LogP contribution in [0.25, 0.3) is 0 Å². The molecule has 1 aliphatic heterocycles. The van der Waals surface area contributed by atoms with E-state index in [4.69, 9.17) is 9.31 Å². The number of aliphatic imine (C=N–C) groups is 1. The van der Waals surface area contributed by atoms with Crippen molar-refractivity contribution in [3.05, 3.63) is 11.5 Å². The van der Waals surface area contributed by atoms with E-state index in [1.54, 1.807) is 0 Å². The Bertz CT molecular complexity index is 316. The monoisotopic (exact) mass is 237 g/mol. The largest absolute Gasteiger partial charge is 0.490 e. The zero-order valence-corrected chi connectivity index (χ0v) is 12.1. The molecule has 1 heterocycles. The van der Waals surface area contributed by atoms with Gasteiger partial charge in [0, 0.05) is 12.3 Å². The maximum Gasteiger partial charge on any atom is 0.490 e. The fourth-order valence-electron chi connectivity index (χ4n) is 1.44. The molecule has 0 atom stereocenters. The fraction of sp³-hybridized carbons (Fsp3) is 0.769. The number of allylic oxidation sites excluding steroid dienone is 2. The third-order valence-electron chi connectivity index (χ3n) is 3.35. The van der Waals surface area contributed by atoms with E-state index in [-0.39, 0.29) is 18.3 Å². The van der Waals surface area contributed by atoms with Crippen molar-refractivity contribution in [2.45, 2.75) is 65.7 Å². The van der Waals surface area contributed by atoms with Gasteiger partial charge in [-0.1, -0.05) is 0 Å². The smallest absolute Gasteiger partial charge is 0.400 e. The highest BCUT2D eigenvalue weighted by molar-refractivity contribution is 6.54. The summed E-state index contributed by atoms with van der Waals surface area (Å²) in [6, 6.07) is 0.317. The number of rotatable bonds is 3. The third kappa shape index (κ3) is 3.43. The first-order chi connectivity index (χ1) is 7.66. The Morgan fingerprint density at radius 2 is 1.59 bits per heavy atom. The molecule has 0 aromatic carbocycles. The molecule has 0 radical (unpaired) electrons. The van der Waals surface area contributed by atoms with Crippen LogP contribution in [-0.4, -0.2) is 30.6 Å². The minimum atomic E-state index is -0.276. The van der Waals surface area contributed by atoms with Crippen LogP contribution in [0.2, 0.25) is 0 Å². The molecule has 1 saturated heterocycles. The lowest BCUT2D eigenvalue weighted by molar-refractivity contribution is 0.00578. The number of hydrogen-bond acceptors (Lipinski definition) is 3. The van der Waals surface area contributed by atoms with Crippen molar-refractivity contribution in [1.82, 2.24) is 0 Å². The van der Waals surface area contributed by atoms with Gasteiger partial charge in [-0.3, -0.25) is 4.99 Å². The molecule has 17 heavy (non-hydrogen) atoms. The molecule has 0 N–H and O–H groups in total. The van der Waals surface area contributed by atoms with Crippen LogP contribution in [0, 0.1) is 0 Å². The first-order valence-electron chi connectivity index (χ1n) is 6.21. The van der Waals surface area contributed by atoms with Gasteiger partial charge in [0.25, 0.3) is 0 Å². The number of nitrogens with zero attached hydrogens (tertiary/aromatic N) is 1. The van der Waals surface area contributed by atoms with Gasteiger partial charge in [-0.05, 0) is 60.0 Å². The van der Waals surface area contributed by atoms with Crippen molar-refractivity contribution in [2.75, 3.05) is 0 Å². The average molecular weight is 237 g/mol. The first kappa shape index (κ1) is 14.5. The van der Waals surface area contributed by atoms with Crippen LogP contribution in [0.4, 0.5) is 0 Å². The quantitative estimate of drug-likeness (QED) is 0.558. The Morgan fingerprint density at radius 1 is 1.12 bits per heavy atom. The number of hydrogen-bond donors (Lipinski definition) is 0. The molecule has 0 spiro atoms. The van der Waals surface area contributed by atoms with E-state index < -0.39 is 0 Å². The van der Waals surface area contributed by atoms with Gasteiger partial charge in [0.2, 0.25) is 0 Å². The first-order valence-corrected chi connectivity index (χ1v) is 6.21. The molecule has 0 aromatic rings. The maximum atomic E-state index is 5.93. The van der Waals surface area contributed by atoms with Gasteiger partial charge in [-0.25, -0.2) is 0 Å². The van der Waals surface area contributed by atoms with E-state index in [0.717, 1.165) is 5.47 Å². The van der Waals surface area contributed by atoms with Crippen LogP contribution in [0.15, 0.2) is 16.5 Å². The van der Waals surface area contributed by atoms with Crippen LogP contribution in [0.3, 0.4) is 0 Å². The molecule has 1 fully saturated rings. The highest BCUT2D eigenvalue weighted by atomic mass is 16.7. The second-order valence-electron chi connectivity index (χ2n) is 5.89. The molecule has 0 aromatic heterocycles. The predicted octanol–water partition coefficient (Wildman–Crippen LogP) is 3.04. The predicted molar refractivity (Wildman–Crippen MR) is 73.5 cm³/mol. The Labute approximate surface area is 105 Å². The summed E-state index contributed by atoms with van der Waals surface area (Å²) in [6.45, 7) is 14.3. The Morgan fingerprint density at radius 3 is 2.00 bits per heavy atom. The van der Waals surface area contributed by atoms with Crippen molar-refractivity contribution in [2.24, 2.45) is 4.99 Å². The summed E-state index contributed by atoms with van der Waals surface area (Å²) >= 11 is 0. The normalized spacial score (nSPS) is 24.0. The molecule has 0 aliphatic carbocycles. The second-order valence-corrected chi connectivity index (χ2v) is 5.89. The van der Waals surface area contributed by atoms with Crippen LogP contribution < -0.4 is 0 Å². The lowest BCUT2D eigenvalue weighted by atomic mass is 9.79. The van der Waals surface area contributed by atoms with Gasteiger partial charge in [0.05, 0.1) is 11.2 Å². The molecule has 0 amide bonds. The van der Waals surface area contributed by atoms with Crippen LogP contribution in [0.1, 0.15) is 48.5 Å². The van der Waals surface area contributed by atoms with Crippen LogP contribution >= 0.6 is 0 Å². The fourth-order valence-corrected chi connectivity index (χ4v) is 1.44. The molecule has 0 unspecified atom stereocenters. The molecule has 96 valence electrons. The topological polar surface area (TPSA) is 30.8 Å². The third-order valence-corrected chi connectivity index (χ3v) is 3.35. The average Bonchev–Trinajstić information content (AvgIpc) is 2.35. The lowest BCUT2D eigenvalue weighted by Crippen LogP contribution is -2.41. The Kier molecular flexibility index (Phi) is 4.21. The van der Waals surface area contributed by atoms with Gasteiger partial charge >= 0.3 is 7.12 Å². The highest BCUT2D eigenvalue weighted by Crippen LogP contribution is 2.38. The zero-order chi connectivity index (χ0) is 13.3. The SMILES string of the molecule is C/C(=C\C=NC(C)C)B1OC(C)(C)C(C)(C)O1. The molecule has 4 heteroatoms. The molecule has 1 aliphatic rings. The lowest BCUT2D eigenvalue weighted by Gasteiger charge is -2.32. The van der Waals surface area contributed by atoms with E-state index in [2.05, 4.69) is 46.5 Å². The van der Waals surface area contributed by atoms with E-state index in [1.807, 2.05) is 19.2 Å². The molecular formula is C13H24BNO2. The Balaban J connectivity index is 2.71. The summed E-state index contributed by atoms with van der Waals surface area (Å²) in [6.07, 6.45) is 3.78. The summed E-state index contributed by atoms with van der Waals surface area (Å²) in [5, 5.41) is 0. The summed E-state index contributed by atoms with van der Waals surface area (Å²) < 4.78 is 11.9. The Hall–Kier alpha value is -0.605. The van der Waals surface area contributed by atoms with Crippen LogP contribution in [0.5, 0.6) is 0 Å². The summed E-state index contributed by atoms with van der Waals surface area (Å²) in [5.74, 6) is 0. The van der Waals surface area contributed by atoms with Crippen molar-refractivity contribution in [3.8, 4) is 0 Å². The van der Waals surface area contributed by atoms with Gasteiger partial charge in [0.15, 0.2) is 0 Å². The maximum absolute atomic E-state index is 5.93. The minimum Gasteiger partial charge on any atom is -0.400 e. The van der Waals surface area contributed by atoms with Crippen molar-refractivity contribution in [1.29, 1.82) is 0 Å².